The molecular formula is C20H17N5O3. The fraction of sp³-hybridized carbons (Fsp3) is 0.100. The van der Waals surface area contributed by atoms with Crippen molar-refractivity contribution >= 4 is 17.2 Å². The van der Waals surface area contributed by atoms with E-state index in [-0.39, 0.29) is 5.91 Å². The van der Waals surface area contributed by atoms with Gasteiger partial charge in [-0.1, -0.05) is 12.1 Å². The zero-order valence-electron chi connectivity index (χ0n) is 15.3. The number of rotatable bonds is 5. The highest BCUT2D eigenvalue weighted by Gasteiger charge is 2.14. The van der Waals surface area contributed by atoms with Crippen LogP contribution in [0.3, 0.4) is 0 Å². The maximum absolute atomic E-state index is 12.6. The van der Waals surface area contributed by atoms with Gasteiger partial charge in [0.05, 0.1) is 25.5 Å². The second-order valence-electron chi connectivity index (χ2n) is 5.95. The number of hydrogen-bond donors (Lipinski definition) is 1. The second kappa shape index (κ2) is 7.36. The van der Waals surface area contributed by atoms with Crippen LogP contribution in [0, 0.1) is 0 Å². The number of nitrogens with zero attached hydrogens (tertiary/aromatic N) is 4. The third-order valence-corrected chi connectivity index (χ3v) is 4.25. The molecule has 0 spiro atoms. The Morgan fingerprint density at radius 1 is 1.00 bits per heavy atom. The van der Waals surface area contributed by atoms with Crippen molar-refractivity contribution in [3.8, 4) is 22.8 Å². The molecule has 0 saturated carbocycles. The molecule has 0 aliphatic rings. The van der Waals surface area contributed by atoms with Gasteiger partial charge in [0.1, 0.15) is 17.8 Å². The van der Waals surface area contributed by atoms with Crippen molar-refractivity contribution in [2.75, 3.05) is 19.5 Å². The molecule has 8 nitrogen and oxygen atoms in total. The molecule has 4 rings (SSSR count). The van der Waals surface area contributed by atoms with Crippen molar-refractivity contribution in [1.82, 2.24) is 19.8 Å². The lowest BCUT2D eigenvalue weighted by Crippen LogP contribution is -2.13. The number of fused-ring (bicyclic) bond motifs is 1. The van der Waals surface area contributed by atoms with E-state index in [2.05, 4.69) is 20.6 Å². The van der Waals surface area contributed by atoms with Gasteiger partial charge in [0.2, 0.25) is 0 Å². The number of benzene rings is 2. The van der Waals surface area contributed by atoms with Gasteiger partial charge < -0.3 is 14.8 Å². The number of ether oxygens (including phenoxy) is 2. The predicted molar refractivity (Wildman–Crippen MR) is 104 cm³/mol. The Kier molecular flexibility index (Phi) is 4.59. The normalized spacial score (nSPS) is 10.6. The maximum Gasteiger partial charge on any atom is 0.259 e. The molecule has 1 N–H and O–H groups in total. The van der Waals surface area contributed by atoms with E-state index in [9.17, 15) is 4.79 Å². The number of carbonyl (C=O) groups is 1. The number of aromatic nitrogens is 4. The summed E-state index contributed by atoms with van der Waals surface area (Å²) in [5.41, 5.74) is 3.46. The number of anilines is 1. The third kappa shape index (κ3) is 3.35. The minimum absolute atomic E-state index is 0.267. The Balaban J connectivity index is 1.53. The lowest BCUT2D eigenvalue weighted by molar-refractivity contribution is 0.102. The van der Waals surface area contributed by atoms with Gasteiger partial charge >= 0.3 is 0 Å². The van der Waals surface area contributed by atoms with Gasteiger partial charge in [0.25, 0.3) is 5.91 Å². The first-order valence-electron chi connectivity index (χ1n) is 8.49. The molecule has 28 heavy (non-hydrogen) atoms. The molecule has 4 aromatic rings. The Morgan fingerprint density at radius 2 is 1.82 bits per heavy atom. The van der Waals surface area contributed by atoms with Gasteiger partial charge in [-0.2, -0.15) is 9.61 Å². The van der Waals surface area contributed by atoms with Gasteiger partial charge in [-0.15, -0.1) is 10.2 Å². The minimum Gasteiger partial charge on any atom is -0.497 e. The van der Waals surface area contributed by atoms with E-state index in [1.54, 1.807) is 36.2 Å². The fourth-order valence-corrected chi connectivity index (χ4v) is 2.79. The summed E-state index contributed by atoms with van der Waals surface area (Å²) >= 11 is 0. The van der Waals surface area contributed by atoms with Crippen molar-refractivity contribution < 1.29 is 14.3 Å². The number of amides is 1. The lowest BCUT2D eigenvalue weighted by atomic mass is 10.1. The zero-order chi connectivity index (χ0) is 19.5. The van der Waals surface area contributed by atoms with Crippen LogP contribution >= 0.6 is 0 Å². The minimum atomic E-state index is -0.267. The molecule has 0 bridgehead atoms. The molecule has 0 aliphatic heterocycles. The molecule has 2 aromatic heterocycles. The van der Waals surface area contributed by atoms with Crippen LogP contribution in [0.15, 0.2) is 60.9 Å². The van der Waals surface area contributed by atoms with E-state index < -0.39 is 0 Å². The molecule has 2 heterocycles. The van der Waals surface area contributed by atoms with Gasteiger partial charge in [0.15, 0.2) is 5.65 Å². The standard InChI is InChI=1S/C20H17N5O3/c1-27-15-7-8-16(18(11-15)28-2)20(26)22-14-5-3-13(4-6-14)17-9-10-19-23-21-12-25(19)24-17/h3-12H,1-2H3,(H,22,26). The molecule has 2 aromatic carbocycles. The van der Waals surface area contributed by atoms with Gasteiger partial charge in [0, 0.05) is 17.3 Å². The first-order valence-corrected chi connectivity index (χ1v) is 8.49. The SMILES string of the molecule is COc1ccc(C(=O)Nc2ccc(-c3ccc4nncn4n3)cc2)c(OC)c1. The van der Waals surface area contributed by atoms with E-state index >= 15 is 0 Å². The van der Waals surface area contributed by atoms with Crippen LogP contribution < -0.4 is 14.8 Å². The van der Waals surface area contributed by atoms with Gasteiger partial charge in [-0.25, -0.2) is 0 Å². The summed E-state index contributed by atoms with van der Waals surface area (Å²) in [7, 11) is 3.08. The summed E-state index contributed by atoms with van der Waals surface area (Å²) in [6, 6.07) is 16.2. The number of methoxy groups -OCH3 is 2. The Morgan fingerprint density at radius 3 is 2.57 bits per heavy atom. The highest BCUT2D eigenvalue weighted by atomic mass is 16.5. The molecule has 0 fully saturated rings. The van der Waals surface area contributed by atoms with Crippen LogP contribution in [0.25, 0.3) is 16.9 Å². The number of carbonyl (C=O) groups excluding carboxylic acids is 1. The van der Waals surface area contributed by atoms with E-state index in [4.69, 9.17) is 9.47 Å². The maximum atomic E-state index is 12.6. The van der Waals surface area contributed by atoms with Crippen LogP contribution in [0.4, 0.5) is 5.69 Å². The summed E-state index contributed by atoms with van der Waals surface area (Å²) in [4.78, 5) is 12.6. The predicted octanol–water partition coefficient (Wildman–Crippen LogP) is 3.06. The molecule has 0 radical (unpaired) electrons. The van der Waals surface area contributed by atoms with Crippen LogP contribution in [0.5, 0.6) is 11.5 Å². The first-order chi connectivity index (χ1) is 13.7. The molecule has 0 atom stereocenters. The number of hydrogen-bond acceptors (Lipinski definition) is 6. The summed E-state index contributed by atoms with van der Waals surface area (Å²) in [5.74, 6) is 0.798. The molecule has 0 unspecified atom stereocenters. The average molecular weight is 375 g/mol. The molecular weight excluding hydrogens is 358 g/mol. The summed E-state index contributed by atoms with van der Waals surface area (Å²) < 4.78 is 12.1. The van der Waals surface area contributed by atoms with Gasteiger partial charge in [-0.3, -0.25) is 4.79 Å². The smallest absolute Gasteiger partial charge is 0.259 e. The highest BCUT2D eigenvalue weighted by Crippen LogP contribution is 2.26. The Labute approximate surface area is 160 Å². The molecule has 140 valence electrons. The van der Waals surface area contributed by atoms with Crippen molar-refractivity contribution in [1.29, 1.82) is 0 Å². The summed E-state index contributed by atoms with van der Waals surface area (Å²) in [5, 5.41) is 15.1. The third-order valence-electron chi connectivity index (χ3n) is 4.25. The largest absolute Gasteiger partial charge is 0.497 e. The van der Waals surface area contributed by atoms with Crippen molar-refractivity contribution in [2.45, 2.75) is 0 Å². The summed E-state index contributed by atoms with van der Waals surface area (Å²) in [6.07, 6.45) is 1.55. The Hall–Kier alpha value is -3.94. The van der Waals surface area contributed by atoms with E-state index in [0.29, 0.717) is 28.4 Å². The topological polar surface area (TPSA) is 90.6 Å². The van der Waals surface area contributed by atoms with Crippen molar-refractivity contribution in [3.05, 3.63) is 66.5 Å². The van der Waals surface area contributed by atoms with Crippen molar-refractivity contribution in [2.24, 2.45) is 0 Å². The monoisotopic (exact) mass is 375 g/mol. The lowest BCUT2D eigenvalue weighted by Gasteiger charge is -2.11. The van der Waals surface area contributed by atoms with E-state index in [1.165, 1.54) is 7.11 Å². The average Bonchev–Trinajstić information content (AvgIpc) is 3.21. The Bertz CT molecular complexity index is 1140. The molecule has 1 amide bonds. The van der Waals surface area contributed by atoms with Crippen molar-refractivity contribution in [3.63, 3.8) is 0 Å². The molecule has 0 saturated heterocycles. The summed E-state index contributed by atoms with van der Waals surface area (Å²) in [6.45, 7) is 0. The number of nitrogens with one attached hydrogen (secondary N) is 1. The van der Waals surface area contributed by atoms with Gasteiger partial charge in [-0.05, 0) is 36.4 Å². The van der Waals surface area contributed by atoms with Crippen LogP contribution in [-0.4, -0.2) is 39.9 Å². The fourth-order valence-electron chi connectivity index (χ4n) is 2.79. The van der Waals surface area contributed by atoms with E-state index in [1.807, 2.05) is 36.4 Å². The quantitative estimate of drug-likeness (QED) is 0.576. The van der Waals surface area contributed by atoms with E-state index in [0.717, 1.165) is 11.3 Å². The van der Waals surface area contributed by atoms with Crippen LogP contribution in [-0.2, 0) is 0 Å². The zero-order valence-corrected chi connectivity index (χ0v) is 15.3. The second-order valence-corrected chi connectivity index (χ2v) is 5.95. The van der Waals surface area contributed by atoms with Crippen LogP contribution in [0.1, 0.15) is 10.4 Å². The molecule has 8 heteroatoms. The highest BCUT2D eigenvalue weighted by molar-refractivity contribution is 6.06. The molecule has 0 aliphatic carbocycles. The first kappa shape index (κ1) is 17.5. The van der Waals surface area contributed by atoms with Crippen LogP contribution in [0.2, 0.25) is 0 Å².